The zero-order chi connectivity index (χ0) is 12.5. The predicted molar refractivity (Wildman–Crippen MR) is 68.6 cm³/mol. The Morgan fingerprint density at radius 2 is 1.94 bits per heavy atom. The predicted octanol–water partition coefficient (Wildman–Crippen LogP) is 2.67. The van der Waals surface area contributed by atoms with Crippen molar-refractivity contribution in [1.82, 2.24) is 0 Å². The van der Waals surface area contributed by atoms with Gasteiger partial charge in [-0.1, -0.05) is 49.1 Å². The van der Waals surface area contributed by atoms with E-state index in [0.717, 1.165) is 5.56 Å². The van der Waals surface area contributed by atoms with Gasteiger partial charge in [-0.2, -0.15) is 0 Å². The fourth-order valence-electron chi connectivity index (χ4n) is 1.34. The van der Waals surface area contributed by atoms with Gasteiger partial charge in [0, 0.05) is 5.57 Å². The van der Waals surface area contributed by atoms with Crippen molar-refractivity contribution in [2.75, 3.05) is 0 Å². The molecule has 1 aromatic rings. The molecule has 0 unspecified atom stereocenters. The average molecular weight is 226 g/mol. The summed E-state index contributed by atoms with van der Waals surface area (Å²) in [7, 11) is 0. The van der Waals surface area contributed by atoms with Crippen molar-refractivity contribution in [2.24, 2.45) is 0 Å². The fraction of sp³-hybridized carbons (Fsp3) is 0.0667. The first kappa shape index (κ1) is 12.8. The number of hydrogen-bond donors (Lipinski definition) is 0. The van der Waals surface area contributed by atoms with E-state index < -0.39 is 0 Å². The highest BCUT2D eigenvalue weighted by molar-refractivity contribution is 6.07. The van der Waals surface area contributed by atoms with Crippen LogP contribution in [-0.4, -0.2) is 12.1 Å². The second kappa shape index (κ2) is 7.12. The Hall–Kier alpha value is -2.22. The van der Waals surface area contributed by atoms with E-state index in [1.165, 1.54) is 18.2 Å². The van der Waals surface area contributed by atoms with Gasteiger partial charge in [0.1, 0.15) is 6.29 Å². The Morgan fingerprint density at radius 1 is 1.24 bits per heavy atom. The normalized spacial score (nSPS) is 11.4. The summed E-state index contributed by atoms with van der Waals surface area (Å²) in [6.45, 7) is 3.49. The maximum absolute atomic E-state index is 11.6. The van der Waals surface area contributed by atoms with Crippen LogP contribution in [0.1, 0.15) is 5.56 Å². The van der Waals surface area contributed by atoms with Crippen LogP contribution in [0.15, 0.2) is 66.8 Å². The zero-order valence-electron chi connectivity index (χ0n) is 9.50. The van der Waals surface area contributed by atoms with Gasteiger partial charge in [-0.25, -0.2) is 0 Å². The van der Waals surface area contributed by atoms with Gasteiger partial charge < -0.3 is 0 Å². The van der Waals surface area contributed by atoms with Crippen molar-refractivity contribution in [1.29, 1.82) is 0 Å². The fourth-order valence-corrected chi connectivity index (χ4v) is 1.34. The van der Waals surface area contributed by atoms with Crippen molar-refractivity contribution in [3.8, 4) is 0 Å². The van der Waals surface area contributed by atoms with Gasteiger partial charge in [-0.3, -0.25) is 9.59 Å². The standard InChI is InChI=1S/C15H14O2/c1-2-14(11-12-16)15(17)10-6-9-13-7-4-3-5-8-13/h2-8,10-12H,1,9H2. The summed E-state index contributed by atoms with van der Waals surface area (Å²) in [5.74, 6) is -0.206. The number of ketones is 1. The van der Waals surface area contributed by atoms with E-state index in [1.807, 2.05) is 30.3 Å². The number of benzene rings is 1. The molecule has 0 aliphatic carbocycles. The summed E-state index contributed by atoms with van der Waals surface area (Å²) in [6.07, 6.45) is 7.10. The number of aldehydes is 1. The highest BCUT2D eigenvalue weighted by Crippen LogP contribution is 2.02. The second-order valence-electron chi connectivity index (χ2n) is 3.42. The van der Waals surface area contributed by atoms with Gasteiger partial charge in [-0.05, 0) is 24.1 Å². The monoisotopic (exact) mass is 226 g/mol. The molecule has 0 amide bonds. The maximum atomic E-state index is 11.6. The van der Waals surface area contributed by atoms with Gasteiger partial charge in [0.05, 0.1) is 0 Å². The molecule has 0 fully saturated rings. The third-order valence-corrected chi connectivity index (χ3v) is 2.22. The number of hydrogen-bond acceptors (Lipinski definition) is 2. The molecule has 0 aromatic heterocycles. The average Bonchev–Trinajstić information content (AvgIpc) is 2.37. The smallest absolute Gasteiger partial charge is 0.185 e. The SMILES string of the molecule is C=CC(=CC=O)C(=O)C=CCc1ccccc1. The molecule has 86 valence electrons. The Labute approximate surface area is 101 Å². The summed E-state index contributed by atoms with van der Waals surface area (Å²) in [5.41, 5.74) is 1.44. The first-order valence-electron chi connectivity index (χ1n) is 5.30. The van der Waals surface area contributed by atoms with Crippen LogP contribution in [0.4, 0.5) is 0 Å². The molecular formula is C15H14O2. The topological polar surface area (TPSA) is 34.1 Å². The summed E-state index contributed by atoms with van der Waals surface area (Å²) in [5, 5.41) is 0. The Bertz CT molecular complexity index is 453. The molecule has 1 aromatic carbocycles. The van der Waals surface area contributed by atoms with Crippen LogP contribution < -0.4 is 0 Å². The van der Waals surface area contributed by atoms with Crippen LogP contribution in [-0.2, 0) is 16.0 Å². The van der Waals surface area contributed by atoms with Crippen LogP contribution in [0.25, 0.3) is 0 Å². The second-order valence-corrected chi connectivity index (χ2v) is 3.42. The third kappa shape index (κ3) is 4.43. The number of allylic oxidation sites excluding steroid dienone is 5. The Kier molecular flexibility index (Phi) is 5.38. The lowest BCUT2D eigenvalue weighted by atomic mass is 10.1. The van der Waals surface area contributed by atoms with Crippen LogP contribution in [0.2, 0.25) is 0 Å². The molecule has 17 heavy (non-hydrogen) atoms. The van der Waals surface area contributed by atoms with E-state index in [1.54, 1.807) is 6.08 Å². The summed E-state index contributed by atoms with van der Waals surface area (Å²) < 4.78 is 0. The van der Waals surface area contributed by atoms with E-state index in [4.69, 9.17) is 0 Å². The van der Waals surface area contributed by atoms with Crippen LogP contribution in [0, 0.1) is 0 Å². The molecular weight excluding hydrogens is 212 g/mol. The lowest BCUT2D eigenvalue weighted by Gasteiger charge is -1.95. The largest absolute Gasteiger partial charge is 0.299 e. The molecule has 1 rings (SSSR count). The zero-order valence-corrected chi connectivity index (χ0v) is 9.50. The van der Waals surface area contributed by atoms with Gasteiger partial charge in [0.15, 0.2) is 5.78 Å². The molecule has 0 heterocycles. The van der Waals surface area contributed by atoms with Crippen LogP contribution in [0.5, 0.6) is 0 Å². The summed E-state index contributed by atoms with van der Waals surface area (Å²) in [6, 6.07) is 9.83. The van der Waals surface area contributed by atoms with Crippen molar-refractivity contribution >= 4 is 12.1 Å². The highest BCUT2D eigenvalue weighted by atomic mass is 16.1. The van der Waals surface area contributed by atoms with Crippen molar-refractivity contribution in [3.05, 3.63) is 72.4 Å². The first-order valence-corrected chi connectivity index (χ1v) is 5.30. The van der Waals surface area contributed by atoms with Crippen molar-refractivity contribution in [2.45, 2.75) is 6.42 Å². The maximum Gasteiger partial charge on any atom is 0.185 e. The lowest BCUT2D eigenvalue weighted by molar-refractivity contribution is -0.111. The Morgan fingerprint density at radius 3 is 2.53 bits per heavy atom. The molecule has 0 spiro atoms. The van der Waals surface area contributed by atoms with E-state index >= 15 is 0 Å². The van der Waals surface area contributed by atoms with E-state index in [2.05, 4.69) is 6.58 Å². The molecule has 0 saturated carbocycles. The van der Waals surface area contributed by atoms with Gasteiger partial charge >= 0.3 is 0 Å². The first-order chi connectivity index (χ1) is 8.27. The van der Waals surface area contributed by atoms with E-state index in [-0.39, 0.29) is 5.78 Å². The van der Waals surface area contributed by atoms with E-state index in [0.29, 0.717) is 18.3 Å². The molecule has 0 radical (unpaired) electrons. The molecule has 0 atom stereocenters. The van der Waals surface area contributed by atoms with Gasteiger partial charge in [0.2, 0.25) is 0 Å². The van der Waals surface area contributed by atoms with Gasteiger partial charge in [-0.15, -0.1) is 0 Å². The lowest BCUT2D eigenvalue weighted by Crippen LogP contribution is -1.96. The quantitative estimate of drug-likeness (QED) is 0.424. The number of rotatable bonds is 6. The number of carbonyl (C=O) groups excluding carboxylic acids is 2. The van der Waals surface area contributed by atoms with Crippen molar-refractivity contribution in [3.63, 3.8) is 0 Å². The molecule has 2 nitrogen and oxygen atoms in total. The minimum Gasteiger partial charge on any atom is -0.299 e. The summed E-state index contributed by atoms with van der Waals surface area (Å²) in [4.78, 5) is 21.8. The highest BCUT2D eigenvalue weighted by Gasteiger charge is 2.00. The van der Waals surface area contributed by atoms with E-state index in [9.17, 15) is 9.59 Å². The third-order valence-electron chi connectivity index (χ3n) is 2.22. The molecule has 0 saturated heterocycles. The molecule has 2 heteroatoms. The molecule has 0 N–H and O–H groups in total. The molecule has 0 bridgehead atoms. The molecule has 0 aliphatic heterocycles. The van der Waals surface area contributed by atoms with Crippen LogP contribution in [0.3, 0.4) is 0 Å². The minimum atomic E-state index is -0.206. The van der Waals surface area contributed by atoms with Gasteiger partial charge in [0.25, 0.3) is 0 Å². The number of carbonyl (C=O) groups is 2. The molecule has 0 aliphatic rings. The van der Waals surface area contributed by atoms with Crippen molar-refractivity contribution < 1.29 is 9.59 Å². The summed E-state index contributed by atoms with van der Waals surface area (Å²) >= 11 is 0. The minimum absolute atomic E-state index is 0.206. The Balaban J connectivity index is 2.60. The van der Waals surface area contributed by atoms with Crippen LogP contribution >= 0.6 is 0 Å².